The van der Waals surface area contributed by atoms with Crippen molar-refractivity contribution in [2.24, 2.45) is 5.73 Å². The summed E-state index contributed by atoms with van der Waals surface area (Å²) in [5.74, 6) is -0.0889. The molecule has 0 aliphatic carbocycles. The van der Waals surface area contributed by atoms with Crippen LogP contribution in [-0.2, 0) is 16.1 Å². The standard InChI is InChI=1S/C7H7O.C5H5.C3H7NO2S.Fe/c1-6(8)7-4-2-3-5-7;1-2-4-5-3-1;4-2(1-7)3(5)6;/h2-5H,1H3;1-5H;2,7H,1,4H2,(H,5,6);/t;;2-;/m..0./s1. The Morgan fingerprint density at radius 2 is 1.57 bits per heavy atom. The molecule has 0 saturated carbocycles. The van der Waals surface area contributed by atoms with E-state index in [1.54, 1.807) is 0 Å². The minimum Gasteiger partial charge on any atom is -0.480 e. The van der Waals surface area contributed by atoms with Crippen molar-refractivity contribution in [3.05, 3.63) is 0 Å². The van der Waals surface area contributed by atoms with E-state index >= 15 is 0 Å². The zero-order chi connectivity index (χ0) is 14.5. The molecule has 10 rings (SSSR count). The van der Waals surface area contributed by atoms with Crippen molar-refractivity contribution in [3.8, 4) is 0 Å². The molecule has 116 valence electrons. The molecule has 4 nitrogen and oxygen atoms in total. The van der Waals surface area contributed by atoms with Crippen molar-refractivity contribution < 1.29 is 21.2 Å². The number of ketones is 1. The van der Waals surface area contributed by atoms with E-state index in [1.807, 2.05) is 6.92 Å². The largest absolute Gasteiger partial charge is 0.480 e. The van der Waals surface area contributed by atoms with E-state index in [0.29, 0.717) is 4.31 Å². The number of carboxylic acids is 1. The molecule has 10 aliphatic rings. The average molecular weight is 349 g/mol. The van der Waals surface area contributed by atoms with Crippen LogP contribution >= 0.6 is 12.6 Å². The molecule has 4 unspecified atom stereocenters. The molecule has 0 amide bonds. The van der Waals surface area contributed by atoms with Gasteiger partial charge in [0.05, 0.1) is 0 Å². The molecule has 5 atom stereocenters. The first kappa shape index (κ1) is 9.96. The number of nitrogens with two attached hydrogens (primary N) is 1. The Labute approximate surface area is 117 Å². The van der Waals surface area contributed by atoms with Crippen molar-refractivity contribution in [2.75, 3.05) is 5.75 Å². The number of carbonyl (C=O) groups excluding carboxylic acids is 1. The molecule has 0 aromatic rings. The fraction of sp³-hybridized carbons (Fsp3) is 0.867. The first-order chi connectivity index (χ1) is 9.67. The van der Waals surface area contributed by atoms with Crippen molar-refractivity contribution in [3.63, 3.8) is 0 Å². The van der Waals surface area contributed by atoms with Crippen molar-refractivity contribution in [1.29, 1.82) is 0 Å². The van der Waals surface area contributed by atoms with Gasteiger partial charge < -0.3 is 10.8 Å². The van der Waals surface area contributed by atoms with Gasteiger partial charge in [0.15, 0.2) is 0 Å². The molecule has 10 heterocycles. The normalized spacial score (nSPS) is 99.1. The summed E-state index contributed by atoms with van der Waals surface area (Å²) in [7, 11) is 0. The smallest absolute Gasteiger partial charge is 0.321 e. The number of fused-ring (bicyclic) bond motifs is 10. The maximum atomic E-state index is 12.2. The summed E-state index contributed by atoms with van der Waals surface area (Å²) in [6.45, 7) is -0.952. The van der Waals surface area contributed by atoms with Crippen LogP contribution in [-0.4, -0.2) is 28.7 Å². The van der Waals surface area contributed by atoms with Gasteiger partial charge in [0, 0.05) is 5.75 Å². The van der Waals surface area contributed by atoms with Gasteiger partial charge in [-0.2, -0.15) is 12.6 Å². The third-order valence-corrected chi connectivity index (χ3v) is 58.6. The number of hydrogen-bond acceptors (Lipinski definition) is 4. The van der Waals surface area contributed by atoms with Crippen molar-refractivity contribution in [1.82, 2.24) is 0 Å². The summed E-state index contributed by atoms with van der Waals surface area (Å²) in [5.41, 5.74) is 4.94. The molecule has 6 heteroatoms. The summed E-state index contributed by atoms with van der Waals surface area (Å²) in [5, 5.41) is 8.01. The molecule has 10 aliphatic heterocycles. The number of thiol groups is 1. The Kier molecular flexibility index (Phi) is 0.441. The number of hydrogen-bond donors (Lipinski definition) is 3. The van der Waals surface area contributed by atoms with E-state index in [2.05, 4.69) is 12.6 Å². The van der Waals surface area contributed by atoms with Gasteiger partial charge >= 0.3 is 77.6 Å². The van der Waals surface area contributed by atoms with Crippen LogP contribution in [0.4, 0.5) is 0 Å². The monoisotopic (exact) mass is 349 g/mol. The van der Waals surface area contributed by atoms with E-state index in [-0.39, 0.29) is 5.75 Å². The van der Waals surface area contributed by atoms with Crippen LogP contribution in [0.2, 0.25) is 47.7 Å². The zero-order valence-electron chi connectivity index (χ0n) is 11.6. The van der Waals surface area contributed by atoms with E-state index in [9.17, 15) is 9.59 Å². The average Bonchev–Trinajstić information content (AvgIpc) is 3.39. The number of rotatable bonds is 3. The maximum Gasteiger partial charge on any atom is 0.321 e. The molecule has 1 spiro atoms. The second kappa shape index (κ2) is 0.929. The van der Waals surface area contributed by atoms with E-state index in [0.717, 1.165) is 5.78 Å². The van der Waals surface area contributed by atoms with Gasteiger partial charge in [0.2, 0.25) is 0 Å². The molecule has 0 aromatic heterocycles. The van der Waals surface area contributed by atoms with Crippen LogP contribution in [0.5, 0.6) is 0 Å². The number of Topliss-reactive ketones (excluding diaryl/α,β-unsaturated/α-hetero) is 1. The molecular weight excluding hydrogens is 330 g/mol. The van der Waals surface area contributed by atoms with Crippen LogP contribution in [0.25, 0.3) is 0 Å². The van der Waals surface area contributed by atoms with Crippen LogP contribution in [0.1, 0.15) is 6.92 Å². The van der Waals surface area contributed by atoms with E-state index < -0.39 is 18.5 Å². The molecule has 0 bridgehead atoms. The molecule has 0 radical (unpaired) electrons. The third kappa shape index (κ3) is 0.127. The summed E-state index contributed by atoms with van der Waals surface area (Å²) >= 11 is 3.65. The Balaban J connectivity index is 0.000000108. The van der Waals surface area contributed by atoms with E-state index in [4.69, 9.17) is 10.8 Å². The van der Waals surface area contributed by atoms with Gasteiger partial charge in [-0.25, -0.2) is 0 Å². The number of aliphatic carboxylic acids is 1. The molecule has 10 fully saturated rings. The predicted octanol–water partition coefficient (Wildman–Crippen LogP) is 2.66. The Hall–Kier alpha value is -0.0305. The second-order valence-electron chi connectivity index (χ2n) is 11.4. The SMILES string of the molecule is CC(=O)[C]12[CH]3[CH]4[CH]5[CH]1[Fe]45321678[CH]2[CH]1[CH]6[CH]7[CH]28.N[C@@H](CS)C(=O)O. The fourth-order valence-electron chi connectivity index (χ4n) is 17.2. The summed E-state index contributed by atoms with van der Waals surface area (Å²) in [6.07, 6.45) is 0. The molecule has 3 N–H and O–H groups in total. The zero-order valence-corrected chi connectivity index (χ0v) is 13.6. The Bertz CT molecular complexity index is 1020. The molecule has 10 saturated heterocycles. The van der Waals surface area contributed by atoms with Crippen LogP contribution in [0.3, 0.4) is 0 Å². The Morgan fingerprint density at radius 3 is 1.62 bits per heavy atom. The van der Waals surface area contributed by atoms with Crippen LogP contribution in [0, 0.1) is 0 Å². The predicted molar refractivity (Wildman–Crippen MR) is 76.6 cm³/mol. The van der Waals surface area contributed by atoms with E-state index in [1.165, 1.54) is 43.3 Å². The quantitative estimate of drug-likeness (QED) is 0.541. The van der Waals surface area contributed by atoms with Gasteiger partial charge in [-0.05, 0) is 0 Å². The molecule has 21 heavy (non-hydrogen) atoms. The van der Waals surface area contributed by atoms with Crippen LogP contribution < -0.4 is 5.73 Å². The summed E-state index contributed by atoms with van der Waals surface area (Å²) < 4.78 is 0.555. The topological polar surface area (TPSA) is 80.4 Å². The first-order valence-corrected chi connectivity index (χ1v) is 14.9. The Morgan fingerprint density at radius 1 is 1.14 bits per heavy atom. The first-order valence-electron chi connectivity index (χ1n) is 7.99. The van der Waals surface area contributed by atoms with Gasteiger partial charge in [-0.15, -0.1) is 0 Å². The second-order valence-corrected chi connectivity index (χ2v) is 35.3. The summed E-state index contributed by atoms with van der Waals surface area (Å²) in [4.78, 5) is 33.6. The molecule has 0 aromatic carbocycles. The maximum absolute atomic E-state index is 12.2. The number of carboxylic acid groups (broad SMARTS) is 1. The van der Waals surface area contributed by atoms with Crippen molar-refractivity contribution in [2.45, 2.75) is 60.6 Å². The van der Waals surface area contributed by atoms with Crippen LogP contribution in [0.15, 0.2) is 0 Å². The fourth-order valence-corrected chi connectivity index (χ4v) is 91.9. The van der Waals surface area contributed by atoms with Gasteiger partial charge in [-0.1, -0.05) is 0 Å². The summed E-state index contributed by atoms with van der Waals surface area (Å²) in [6, 6.07) is -0.816. The number of carbonyl (C=O) groups is 2. The van der Waals surface area contributed by atoms with Gasteiger partial charge in [0.25, 0.3) is 0 Å². The molecular formula is C15H19FeNO3S. The third-order valence-electron chi connectivity index (χ3n) is 15.7. The minimum absolute atomic E-state index is 0.190. The van der Waals surface area contributed by atoms with Gasteiger partial charge in [-0.3, -0.25) is 4.79 Å². The van der Waals surface area contributed by atoms with Gasteiger partial charge in [0.1, 0.15) is 6.04 Å². The minimum atomic E-state index is -2.94. The van der Waals surface area contributed by atoms with Crippen molar-refractivity contribution >= 4 is 24.4 Å².